The van der Waals surface area contributed by atoms with Crippen LogP contribution in [0, 0.1) is 0 Å². The van der Waals surface area contributed by atoms with Crippen LogP contribution in [0.5, 0.6) is 0 Å². The number of carboxylic acid groups (broad SMARTS) is 1. The maximum Gasteiger partial charge on any atom is 0.303 e. The molecule has 0 aliphatic rings. The molecule has 0 saturated carbocycles. The molecule has 0 atom stereocenters. The molecule has 0 saturated heterocycles. The third-order valence-corrected chi connectivity index (χ3v) is 2.88. The number of aryl methyl sites for hydroxylation is 1. The second-order valence-corrected chi connectivity index (χ2v) is 4.40. The molecule has 1 N–H and O–H groups in total. The van der Waals surface area contributed by atoms with E-state index in [1.54, 1.807) is 6.07 Å². The summed E-state index contributed by atoms with van der Waals surface area (Å²) < 4.78 is 0. The van der Waals surface area contributed by atoms with E-state index in [-0.39, 0.29) is 5.43 Å². The zero-order chi connectivity index (χ0) is 11.8. The Kier molecular flexibility index (Phi) is 5.83. The van der Waals surface area contributed by atoms with Crippen LogP contribution >= 0.6 is 0 Å². The number of carboxylic acids is 1. The predicted molar refractivity (Wildman–Crippen MR) is 63.4 cm³/mol. The van der Waals surface area contributed by atoms with Crippen molar-refractivity contribution in [2.24, 2.45) is 0 Å². The molecule has 1 aromatic carbocycles. The van der Waals surface area contributed by atoms with Crippen LogP contribution in [0.1, 0.15) is 56.9 Å². The second kappa shape index (κ2) is 7.20. The molecular weight excluding hydrogens is 204 g/mol. The van der Waals surface area contributed by atoms with Gasteiger partial charge in [-0.1, -0.05) is 32.1 Å². The number of rotatable bonds is 10. The fourth-order valence-electron chi connectivity index (χ4n) is 1.79. The van der Waals surface area contributed by atoms with E-state index in [0.29, 0.717) is 6.42 Å². The normalized spacial score (nSPS) is 11.0. The molecule has 0 bridgehead atoms. The van der Waals surface area contributed by atoms with Gasteiger partial charge in [0.15, 0.2) is 5.43 Å². The lowest BCUT2D eigenvalue weighted by Gasteiger charge is -1.99. The van der Waals surface area contributed by atoms with Crippen molar-refractivity contribution < 1.29 is 9.90 Å². The Hall–Kier alpha value is -1.12. The minimum atomic E-state index is -0.692. The monoisotopic (exact) mass is 224 g/mol. The third kappa shape index (κ3) is 6.38. The summed E-state index contributed by atoms with van der Waals surface area (Å²) in [5.41, 5.74) is 1.26. The summed E-state index contributed by atoms with van der Waals surface area (Å²) >= 11 is 0. The molecule has 0 spiro atoms. The van der Waals surface area contributed by atoms with E-state index in [9.17, 15) is 9.59 Å². The summed E-state index contributed by atoms with van der Waals surface area (Å²) in [5.74, 6) is -0.692. The van der Waals surface area contributed by atoms with Crippen molar-refractivity contribution in [3.8, 4) is 0 Å². The average molecular weight is 224 g/mol. The summed E-state index contributed by atoms with van der Waals surface area (Å²) in [7, 11) is 0. The number of unbranched alkanes of at least 4 members (excludes halogenated alkanes) is 6. The smallest absolute Gasteiger partial charge is 0.303 e. The van der Waals surface area contributed by atoms with E-state index in [1.807, 2.05) is 0 Å². The van der Waals surface area contributed by atoms with E-state index in [2.05, 4.69) is 0 Å². The van der Waals surface area contributed by atoms with E-state index in [4.69, 9.17) is 5.11 Å². The maximum absolute atomic E-state index is 10.6. The number of aliphatic carboxylic acids is 1. The van der Waals surface area contributed by atoms with Crippen LogP contribution in [-0.4, -0.2) is 11.1 Å². The lowest BCUT2D eigenvalue weighted by atomic mass is 10.1. The number of hydrogen-bond donors (Lipinski definition) is 1. The molecule has 90 valence electrons. The van der Waals surface area contributed by atoms with Crippen LogP contribution in [0.3, 0.4) is 0 Å². The topological polar surface area (TPSA) is 54.4 Å². The Bertz CT molecular complexity index is 321. The number of hydrogen-bond acceptors (Lipinski definition) is 2. The van der Waals surface area contributed by atoms with Crippen molar-refractivity contribution in [3.63, 3.8) is 0 Å². The predicted octanol–water partition coefficient (Wildman–Crippen LogP) is 2.67. The zero-order valence-electron chi connectivity index (χ0n) is 9.71. The summed E-state index contributed by atoms with van der Waals surface area (Å²) in [6, 6.07) is 1.71. The summed E-state index contributed by atoms with van der Waals surface area (Å²) in [5, 5.41) is 8.43. The van der Waals surface area contributed by atoms with Gasteiger partial charge in [-0.2, -0.15) is 0 Å². The average Bonchev–Trinajstić information content (AvgIpc) is 2.92. The van der Waals surface area contributed by atoms with Gasteiger partial charge in [0.25, 0.3) is 0 Å². The van der Waals surface area contributed by atoms with Gasteiger partial charge in [-0.25, -0.2) is 0 Å². The molecule has 16 heavy (non-hydrogen) atoms. The molecule has 0 fully saturated rings. The molecule has 0 heterocycles. The van der Waals surface area contributed by atoms with Crippen LogP contribution in [-0.2, 0) is 11.2 Å². The van der Waals surface area contributed by atoms with Crippen LogP contribution in [0.4, 0.5) is 0 Å². The highest BCUT2D eigenvalue weighted by Crippen LogP contribution is 2.10. The molecule has 0 amide bonds. The lowest BCUT2D eigenvalue weighted by molar-refractivity contribution is -0.137. The van der Waals surface area contributed by atoms with Gasteiger partial charge in [-0.15, -0.1) is 0 Å². The maximum atomic E-state index is 10.6. The quantitative estimate of drug-likeness (QED) is 0.622. The van der Waals surface area contributed by atoms with E-state index in [0.717, 1.165) is 37.7 Å². The van der Waals surface area contributed by atoms with Gasteiger partial charge in [0.2, 0.25) is 0 Å². The van der Waals surface area contributed by atoms with E-state index < -0.39 is 5.97 Å². The van der Waals surface area contributed by atoms with Crippen molar-refractivity contribution in [2.45, 2.75) is 57.8 Å². The van der Waals surface area contributed by atoms with Crippen molar-refractivity contribution in [2.75, 3.05) is 0 Å². The first-order valence-electron chi connectivity index (χ1n) is 6.17. The Morgan fingerprint density at radius 3 is 2.00 bits per heavy atom. The SMILES string of the molecule is O=C(O)CCCCCCCCCc1cc1=O. The summed E-state index contributed by atoms with van der Waals surface area (Å²) in [6.07, 6.45) is 8.91. The van der Waals surface area contributed by atoms with Crippen molar-refractivity contribution in [1.82, 2.24) is 0 Å². The zero-order valence-corrected chi connectivity index (χ0v) is 9.71. The van der Waals surface area contributed by atoms with Crippen LogP contribution in [0.15, 0.2) is 10.9 Å². The van der Waals surface area contributed by atoms with E-state index in [1.165, 1.54) is 19.3 Å². The molecule has 1 rings (SSSR count). The van der Waals surface area contributed by atoms with Crippen molar-refractivity contribution in [1.29, 1.82) is 0 Å². The standard InChI is InChI=1S/C13H20O3/c14-12-10-11(12)8-6-4-2-1-3-5-7-9-13(15)16/h10H,1-9H2,(H,15,16). The minimum absolute atomic E-state index is 0.244. The molecular formula is C13H20O3. The Labute approximate surface area is 96.2 Å². The van der Waals surface area contributed by atoms with Gasteiger partial charge in [0, 0.05) is 12.0 Å². The third-order valence-electron chi connectivity index (χ3n) is 2.88. The second-order valence-electron chi connectivity index (χ2n) is 4.40. The molecule has 0 aromatic heterocycles. The van der Waals surface area contributed by atoms with Crippen LogP contribution in [0.25, 0.3) is 0 Å². The summed E-state index contributed by atoms with van der Waals surface area (Å²) in [6.45, 7) is 0. The first-order valence-corrected chi connectivity index (χ1v) is 6.17. The Morgan fingerprint density at radius 2 is 1.50 bits per heavy atom. The van der Waals surface area contributed by atoms with Gasteiger partial charge in [0.1, 0.15) is 0 Å². The highest BCUT2D eigenvalue weighted by molar-refractivity contribution is 5.66. The molecule has 0 radical (unpaired) electrons. The van der Waals surface area contributed by atoms with Gasteiger partial charge < -0.3 is 5.11 Å². The lowest BCUT2D eigenvalue weighted by Crippen LogP contribution is -1.93. The fourth-order valence-corrected chi connectivity index (χ4v) is 1.79. The first-order chi connectivity index (χ1) is 7.70. The summed E-state index contributed by atoms with van der Waals surface area (Å²) in [4.78, 5) is 20.9. The minimum Gasteiger partial charge on any atom is -0.481 e. The van der Waals surface area contributed by atoms with Gasteiger partial charge >= 0.3 is 5.97 Å². The van der Waals surface area contributed by atoms with Gasteiger partial charge in [-0.3, -0.25) is 9.59 Å². The molecule has 0 aliphatic carbocycles. The van der Waals surface area contributed by atoms with E-state index >= 15 is 0 Å². The molecule has 0 aliphatic heterocycles. The fraction of sp³-hybridized carbons (Fsp3) is 0.692. The Balaban J connectivity index is 1.75. The van der Waals surface area contributed by atoms with Crippen LogP contribution < -0.4 is 5.43 Å². The first kappa shape index (κ1) is 12.9. The molecule has 0 unspecified atom stereocenters. The van der Waals surface area contributed by atoms with Crippen LogP contribution in [0.2, 0.25) is 0 Å². The van der Waals surface area contributed by atoms with Crippen molar-refractivity contribution in [3.05, 3.63) is 21.9 Å². The molecule has 3 nitrogen and oxygen atoms in total. The highest BCUT2D eigenvalue weighted by atomic mass is 16.4. The molecule has 3 heteroatoms. The largest absolute Gasteiger partial charge is 0.481 e. The molecule has 1 aromatic rings. The number of carbonyl (C=O) groups is 1. The Morgan fingerprint density at radius 1 is 1.00 bits per heavy atom. The van der Waals surface area contributed by atoms with Gasteiger partial charge in [-0.05, 0) is 25.3 Å². The van der Waals surface area contributed by atoms with Gasteiger partial charge in [0.05, 0.1) is 0 Å². The highest BCUT2D eigenvalue weighted by Gasteiger charge is 2.06. The van der Waals surface area contributed by atoms with Crippen molar-refractivity contribution >= 4 is 5.97 Å².